The Labute approximate surface area is 152 Å². The smallest absolute Gasteiger partial charge is 0.0893 e. The molecule has 0 saturated carbocycles. The summed E-state index contributed by atoms with van der Waals surface area (Å²) in [6.45, 7) is 8.20. The molecule has 1 heterocycles. The normalized spacial score (nSPS) is 14.1. The molecule has 0 unspecified atom stereocenters. The zero-order chi connectivity index (χ0) is 17.3. The van der Waals surface area contributed by atoms with Crippen LogP contribution in [0, 0.1) is 0 Å². The lowest BCUT2D eigenvalue weighted by Gasteiger charge is -2.21. The molecule has 142 valence electrons. The minimum Gasteiger partial charge on any atom is -0.359 e. The molecule has 0 amide bonds. The van der Waals surface area contributed by atoms with Gasteiger partial charge in [0.2, 0.25) is 0 Å². The SMILES string of the molecule is CCCCCCCCCCCCN1C=CN(CCCCCCC)C1. The molecule has 0 aromatic rings. The van der Waals surface area contributed by atoms with Crippen molar-refractivity contribution in [2.24, 2.45) is 0 Å². The van der Waals surface area contributed by atoms with Gasteiger partial charge in [0.15, 0.2) is 0 Å². The van der Waals surface area contributed by atoms with Gasteiger partial charge in [-0.15, -0.1) is 0 Å². The van der Waals surface area contributed by atoms with E-state index in [1.54, 1.807) is 0 Å². The number of unbranched alkanes of at least 4 members (excludes halogenated alkanes) is 13. The predicted octanol–water partition coefficient (Wildman–Crippen LogP) is 6.92. The summed E-state index contributed by atoms with van der Waals surface area (Å²) >= 11 is 0. The summed E-state index contributed by atoms with van der Waals surface area (Å²) in [6.07, 6.45) is 25.8. The fourth-order valence-corrected chi connectivity index (χ4v) is 3.53. The van der Waals surface area contributed by atoms with Crippen LogP contribution < -0.4 is 0 Å². The molecular formula is C22H44N2. The molecule has 0 N–H and O–H groups in total. The predicted molar refractivity (Wildman–Crippen MR) is 108 cm³/mol. The second-order valence-corrected chi connectivity index (χ2v) is 7.66. The van der Waals surface area contributed by atoms with Gasteiger partial charge in [0.25, 0.3) is 0 Å². The Morgan fingerprint density at radius 2 is 0.833 bits per heavy atom. The standard InChI is InChI=1S/C22H44N2/c1-3-5-7-9-10-11-12-13-15-17-19-24-21-20-23(22-24)18-16-14-8-6-4-2/h20-21H,3-19,22H2,1-2H3. The molecule has 0 aromatic carbocycles. The Morgan fingerprint density at radius 1 is 0.500 bits per heavy atom. The molecule has 0 spiro atoms. The van der Waals surface area contributed by atoms with Gasteiger partial charge in [0.1, 0.15) is 0 Å². The molecule has 0 radical (unpaired) electrons. The number of hydrogen-bond acceptors (Lipinski definition) is 2. The third-order valence-electron chi connectivity index (χ3n) is 5.20. The van der Waals surface area contributed by atoms with E-state index in [0.29, 0.717) is 0 Å². The monoisotopic (exact) mass is 336 g/mol. The molecule has 0 aromatic heterocycles. The molecule has 2 nitrogen and oxygen atoms in total. The van der Waals surface area contributed by atoms with Crippen LogP contribution in [0.1, 0.15) is 110 Å². The van der Waals surface area contributed by atoms with E-state index in [0.717, 1.165) is 6.67 Å². The minimum absolute atomic E-state index is 1.13. The van der Waals surface area contributed by atoms with Crippen molar-refractivity contribution in [1.29, 1.82) is 0 Å². The van der Waals surface area contributed by atoms with Gasteiger partial charge >= 0.3 is 0 Å². The maximum absolute atomic E-state index is 2.50. The van der Waals surface area contributed by atoms with Crippen LogP contribution in [0.2, 0.25) is 0 Å². The van der Waals surface area contributed by atoms with Gasteiger partial charge in [-0.25, -0.2) is 0 Å². The Balaban J connectivity index is 1.83. The fraction of sp³-hybridized carbons (Fsp3) is 0.909. The van der Waals surface area contributed by atoms with Crippen LogP contribution in [-0.2, 0) is 0 Å². The quantitative estimate of drug-likeness (QED) is 0.266. The Morgan fingerprint density at radius 3 is 1.21 bits per heavy atom. The first kappa shape index (κ1) is 21.4. The van der Waals surface area contributed by atoms with Crippen LogP contribution in [0.4, 0.5) is 0 Å². The van der Waals surface area contributed by atoms with Crippen molar-refractivity contribution in [3.63, 3.8) is 0 Å². The molecule has 0 aliphatic carbocycles. The first-order chi connectivity index (χ1) is 11.9. The van der Waals surface area contributed by atoms with Crippen molar-refractivity contribution >= 4 is 0 Å². The topological polar surface area (TPSA) is 6.48 Å². The highest BCUT2D eigenvalue weighted by Gasteiger charge is 2.10. The van der Waals surface area contributed by atoms with Crippen molar-refractivity contribution in [3.8, 4) is 0 Å². The van der Waals surface area contributed by atoms with Crippen molar-refractivity contribution in [2.75, 3.05) is 19.8 Å². The first-order valence-electron chi connectivity index (χ1n) is 11.0. The maximum atomic E-state index is 2.50. The van der Waals surface area contributed by atoms with Crippen LogP contribution in [0.15, 0.2) is 12.4 Å². The molecule has 0 saturated heterocycles. The molecule has 2 heteroatoms. The molecule has 24 heavy (non-hydrogen) atoms. The highest BCUT2D eigenvalue weighted by atomic mass is 15.3. The van der Waals surface area contributed by atoms with E-state index in [2.05, 4.69) is 36.0 Å². The van der Waals surface area contributed by atoms with E-state index in [-0.39, 0.29) is 0 Å². The molecule has 0 bridgehead atoms. The van der Waals surface area contributed by atoms with E-state index in [9.17, 15) is 0 Å². The molecule has 1 aliphatic rings. The number of nitrogens with zero attached hydrogens (tertiary/aromatic N) is 2. The van der Waals surface area contributed by atoms with Gasteiger partial charge in [-0.2, -0.15) is 0 Å². The average Bonchev–Trinajstić information content (AvgIpc) is 3.04. The summed E-state index contributed by atoms with van der Waals surface area (Å²) in [5.41, 5.74) is 0. The molecule has 0 atom stereocenters. The summed E-state index contributed by atoms with van der Waals surface area (Å²) in [5.74, 6) is 0. The van der Waals surface area contributed by atoms with E-state index >= 15 is 0 Å². The minimum atomic E-state index is 1.13. The maximum Gasteiger partial charge on any atom is 0.0893 e. The first-order valence-corrected chi connectivity index (χ1v) is 11.0. The summed E-state index contributed by atoms with van der Waals surface area (Å²) < 4.78 is 0. The van der Waals surface area contributed by atoms with Gasteiger partial charge in [-0.05, 0) is 12.8 Å². The highest BCUT2D eigenvalue weighted by Crippen LogP contribution is 2.13. The van der Waals surface area contributed by atoms with Crippen LogP contribution in [0.5, 0.6) is 0 Å². The molecular weight excluding hydrogens is 292 g/mol. The summed E-state index contributed by atoms with van der Waals surface area (Å²) in [5, 5.41) is 0. The largest absolute Gasteiger partial charge is 0.359 e. The second kappa shape index (κ2) is 15.8. The lowest BCUT2D eigenvalue weighted by molar-refractivity contribution is 0.257. The number of rotatable bonds is 17. The zero-order valence-corrected chi connectivity index (χ0v) is 16.8. The molecule has 0 fully saturated rings. The molecule has 1 rings (SSSR count). The zero-order valence-electron chi connectivity index (χ0n) is 16.8. The third kappa shape index (κ3) is 11.8. The Hall–Kier alpha value is -0.660. The highest BCUT2D eigenvalue weighted by molar-refractivity contribution is 4.90. The van der Waals surface area contributed by atoms with E-state index in [4.69, 9.17) is 0 Å². The van der Waals surface area contributed by atoms with Crippen molar-refractivity contribution in [3.05, 3.63) is 12.4 Å². The van der Waals surface area contributed by atoms with Crippen LogP contribution in [0.25, 0.3) is 0 Å². The van der Waals surface area contributed by atoms with E-state index in [1.807, 2.05) is 0 Å². The number of hydrogen-bond donors (Lipinski definition) is 0. The van der Waals surface area contributed by atoms with Gasteiger partial charge in [-0.3, -0.25) is 0 Å². The summed E-state index contributed by atoms with van der Waals surface area (Å²) in [4.78, 5) is 4.99. The van der Waals surface area contributed by atoms with E-state index < -0.39 is 0 Å². The van der Waals surface area contributed by atoms with Crippen LogP contribution in [-0.4, -0.2) is 29.6 Å². The Kier molecular flexibility index (Phi) is 14.1. The fourth-order valence-electron chi connectivity index (χ4n) is 3.53. The van der Waals surface area contributed by atoms with Crippen LogP contribution in [0.3, 0.4) is 0 Å². The Bertz CT molecular complexity index is 288. The summed E-state index contributed by atoms with van der Waals surface area (Å²) in [7, 11) is 0. The van der Waals surface area contributed by atoms with Crippen molar-refractivity contribution < 1.29 is 0 Å². The van der Waals surface area contributed by atoms with Crippen molar-refractivity contribution in [1.82, 2.24) is 9.80 Å². The summed E-state index contributed by atoms with van der Waals surface area (Å²) in [6, 6.07) is 0. The van der Waals surface area contributed by atoms with Gasteiger partial charge in [-0.1, -0.05) is 97.3 Å². The van der Waals surface area contributed by atoms with Gasteiger partial charge in [0, 0.05) is 25.5 Å². The van der Waals surface area contributed by atoms with Crippen LogP contribution >= 0.6 is 0 Å². The lowest BCUT2D eigenvalue weighted by Crippen LogP contribution is -2.26. The van der Waals surface area contributed by atoms with E-state index in [1.165, 1.54) is 109 Å². The third-order valence-corrected chi connectivity index (χ3v) is 5.20. The van der Waals surface area contributed by atoms with Crippen molar-refractivity contribution in [2.45, 2.75) is 110 Å². The molecule has 1 aliphatic heterocycles. The lowest BCUT2D eigenvalue weighted by atomic mass is 10.1. The average molecular weight is 337 g/mol. The van der Waals surface area contributed by atoms with Gasteiger partial charge in [0.05, 0.1) is 6.67 Å². The second-order valence-electron chi connectivity index (χ2n) is 7.66. The van der Waals surface area contributed by atoms with Gasteiger partial charge < -0.3 is 9.80 Å².